The van der Waals surface area contributed by atoms with Crippen LogP contribution in [0.5, 0.6) is 11.5 Å². The number of thiazole rings is 2. The Hall–Kier alpha value is -2.38. The zero-order valence-electron chi connectivity index (χ0n) is 13.4. The van der Waals surface area contributed by atoms with Crippen molar-refractivity contribution in [1.82, 2.24) is 9.97 Å². The molecule has 0 atom stereocenters. The molecule has 0 fully saturated rings. The van der Waals surface area contributed by atoms with Gasteiger partial charge in [0.05, 0.1) is 24.4 Å². The molecule has 7 heteroatoms. The lowest BCUT2D eigenvalue weighted by Crippen LogP contribution is -1.89. The Morgan fingerprint density at radius 1 is 0.875 bits per heavy atom. The SMILES string of the molecule is COc1ccc(OC)c2sc(Nc3nc4c(C)cccc4s3)nc12. The van der Waals surface area contributed by atoms with Gasteiger partial charge in [-0.25, -0.2) is 9.97 Å². The number of aryl methyl sites for hydroxylation is 1. The number of anilines is 2. The van der Waals surface area contributed by atoms with Gasteiger partial charge < -0.3 is 14.8 Å². The normalized spacial score (nSPS) is 11.1. The van der Waals surface area contributed by atoms with Gasteiger partial charge in [-0.1, -0.05) is 34.8 Å². The third-order valence-electron chi connectivity index (χ3n) is 3.74. The summed E-state index contributed by atoms with van der Waals surface area (Å²) in [7, 11) is 3.30. The van der Waals surface area contributed by atoms with E-state index >= 15 is 0 Å². The van der Waals surface area contributed by atoms with Crippen LogP contribution in [0.1, 0.15) is 5.56 Å². The number of para-hydroxylation sites is 1. The van der Waals surface area contributed by atoms with Crippen molar-refractivity contribution in [3.05, 3.63) is 35.9 Å². The highest BCUT2D eigenvalue weighted by Crippen LogP contribution is 2.40. The van der Waals surface area contributed by atoms with E-state index in [0.717, 1.165) is 42.2 Å². The number of aromatic nitrogens is 2. The highest BCUT2D eigenvalue weighted by molar-refractivity contribution is 7.24. The van der Waals surface area contributed by atoms with E-state index in [4.69, 9.17) is 9.47 Å². The predicted octanol–water partition coefficient (Wildman–Crippen LogP) is 4.98. The summed E-state index contributed by atoms with van der Waals surface area (Å²) in [5.74, 6) is 1.52. The topological polar surface area (TPSA) is 56.3 Å². The zero-order chi connectivity index (χ0) is 16.7. The monoisotopic (exact) mass is 357 g/mol. The molecule has 1 N–H and O–H groups in total. The lowest BCUT2D eigenvalue weighted by Gasteiger charge is -2.03. The smallest absolute Gasteiger partial charge is 0.190 e. The van der Waals surface area contributed by atoms with Crippen molar-refractivity contribution in [2.24, 2.45) is 0 Å². The fourth-order valence-corrected chi connectivity index (χ4v) is 4.55. The molecule has 0 aliphatic rings. The van der Waals surface area contributed by atoms with Crippen LogP contribution >= 0.6 is 22.7 Å². The summed E-state index contributed by atoms with van der Waals surface area (Å²) < 4.78 is 12.9. The fraction of sp³-hybridized carbons (Fsp3) is 0.176. The quantitative estimate of drug-likeness (QED) is 0.558. The molecule has 0 amide bonds. The van der Waals surface area contributed by atoms with Gasteiger partial charge in [-0.2, -0.15) is 0 Å². The number of ether oxygens (including phenoxy) is 2. The average molecular weight is 357 g/mol. The average Bonchev–Trinajstić information content (AvgIpc) is 3.18. The standard InChI is InChI=1S/C17H15N3O2S2/c1-9-5-4-6-12-13(9)18-16(23-12)20-17-19-14-10(21-2)7-8-11(22-3)15(14)24-17/h4-8H,1-3H3,(H,18,19,20). The minimum Gasteiger partial charge on any atom is -0.495 e. The van der Waals surface area contributed by atoms with Crippen LogP contribution < -0.4 is 14.8 Å². The largest absolute Gasteiger partial charge is 0.495 e. The first kappa shape index (κ1) is 15.2. The Bertz CT molecular complexity index is 998. The van der Waals surface area contributed by atoms with Crippen molar-refractivity contribution in [2.45, 2.75) is 6.92 Å². The Balaban J connectivity index is 1.77. The molecule has 2 aromatic heterocycles. The van der Waals surface area contributed by atoms with E-state index in [1.54, 1.807) is 25.6 Å². The van der Waals surface area contributed by atoms with Crippen LogP contribution in [-0.2, 0) is 0 Å². The number of nitrogens with one attached hydrogen (secondary N) is 1. The van der Waals surface area contributed by atoms with Crippen LogP contribution in [0.3, 0.4) is 0 Å². The van der Waals surface area contributed by atoms with Gasteiger partial charge in [0.15, 0.2) is 10.3 Å². The summed E-state index contributed by atoms with van der Waals surface area (Å²) in [6.07, 6.45) is 0. The van der Waals surface area contributed by atoms with Gasteiger partial charge in [-0.3, -0.25) is 0 Å². The molecule has 2 aromatic carbocycles. The highest BCUT2D eigenvalue weighted by atomic mass is 32.1. The van der Waals surface area contributed by atoms with Crippen LogP contribution in [-0.4, -0.2) is 24.2 Å². The first-order valence-electron chi connectivity index (χ1n) is 7.34. The van der Waals surface area contributed by atoms with E-state index in [-0.39, 0.29) is 0 Å². The molecule has 24 heavy (non-hydrogen) atoms. The molecule has 4 rings (SSSR count). The van der Waals surface area contributed by atoms with Crippen LogP contribution in [0.4, 0.5) is 10.3 Å². The van der Waals surface area contributed by atoms with E-state index in [9.17, 15) is 0 Å². The highest BCUT2D eigenvalue weighted by Gasteiger charge is 2.15. The maximum atomic E-state index is 5.43. The zero-order valence-corrected chi connectivity index (χ0v) is 15.0. The molecular weight excluding hydrogens is 342 g/mol. The Labute approximate surface area is 146 Å². The first-order chi connectivity index (χ1) is 11.7. The van der Waals surface area contributed by atoms with E-state index in [1.165, 1.54) is 16.9 Å². The predicted molar refractivity (Wildman–Crippen MR) is 100 cm³/mol. The van der Waals surface area contributed by atoms with Crippen molar-refractivity contribution >= 4 is 53.4 Å². The van der Waals surface area contributed by atoms with Gasteiger partial charge in [-0.15, -0.1) is 0 Å². The van der Waals surface area contributed by atoms with Crippen LogP contribution in [0.15, 0.2) is 30.3 Å². The van der Waals surface area contributed by atoms with Gasteiger partial charge >= 0.3 is 0 Å². The Kier molecular flexibility index (Phi) is 3.74. The van der Waals surface area contributed by atoms with Crippen LogP contribution in [0, 0.1) is 6.92 Å². The van der Waals surface area contributed by atoms with Crippen molar-refractivity contribution in [3.63, 3.8) is 0 Å². The molecule has 0 spiro atoms. The second kappa shape index (κ2) is 5.92. The molecule has 0 unspecified atom stereocenters. The summed E-state index contributed by atoms with van der Waals surface area (Å²) in [5, 5.41) is 4.91. The molecule has 122 valence electrons. The van der Waals surface area contributed by atoms with E-state index in [0.29, 0.717) is 0 Å². The van der Waals surface area contributed by atoms with Crippen molar-refractivity contribution in [3.8, 4) is 11.5 Å². The number of methoxy groups -OCH3 is 2. The minimum atomic E-state index is 0.732. The summed E-state index contributed by atoms with van der Waals surface area (Å²) >= 11 is 3.14. The molecule has 0 radical (unpaired) electrons. The summed E-state index contributed by atoms with van der Waals surface area (Å²) in [5.41, 5.74) is 2.99. The lowest BCUT2D eigenvalue weighted by atomic mass is 10.2. The van der Waals surface area contributed by atoms with Gasteiger partial charge in [0.2, 0.25) is 0 Å². The number of hydrogen-bond acceptors (Lipinski definition) is 7. The molecule has 2 heterocycles. The molecule has 0 saturated carbocycles. The van der Waals surface area contributed by atoms with Crippen molar-refractivity contribution < 1.29 is 9.47 Å². The first-order valence-corrected chi connectivity index (χ1v) is 8.97. The third-order valence-corrected chi connectivity index (χ3v) is 5.67. The third kappa shape index (κ3) is 2.46. The number of nitrogens with zero attached hydrogens (tertiary/aromatic N) is 2. The molecule has 4 aromatic rings. The summed E-state index contributed by atoms with van der Waals surface area (Å²) in [6.45, 7) is 2.07. The maximum absolute atomic E-state index is 5.43. The lowest BCUT2D eigenvalue weighted by molar-refractivity contribution is 0.410. The second-order valence-corrected chi connectivity index (χ2v) is 7.26. The molecular formula is C17H15N3O2S2. The van der Waals surface area contributed by atoms with E-state index in [1.807, 2.05) is 18.2 Å². The maximum Gasteiger partial charge on any atom is 0.190 e. The van der Waals surface area contributed by atoms with E-state index in [2.05, 4.69) is 34.3 Å². The fourth-order valence-electron chi connectivity index (χ4n) is 2.57. The number of benzene rings is 2. The summed E-state index contributed by atoms with van der Waals surface area (Å²) in [4.78, 5) is 9.32. The second-order valence-electron chi connectivity index (χ2n) is 5.23. The molecule has 0 saturated heterocycles. The van der Waals surface area contributed by atoms with Crippen molar-refractivity contribution in [2.75, 3.05) is 19.5 Å². The minimum absolute atomic E-state index is 0.732. The van der Waals surface area contributed by atoms with Gasteiger partial charge in [-0.05, 0) is 30.7 Å². The number of rotatable bonds is 4. The Morgan fingerprint density at radius 3 is 2.33 bits per heavy atom. The molecule has 0 aliphatic heterocycles. The van der Waals surface area contributed by atoms with E-state index < -0.39 is 0 Å². The molecule has 0 aliphatic carbocycles. The van der Waals surface area contributed by atoms with Gasteiger partial charge in [0.1, 0.15) is 21.7 Å². The van der Waals surface area contributed by atoms with Gasteiger partial charge in [0, 0.05) is 0 Å². The van der Waals surface area contributed by atoms with Crippen LogP contribution in [0.25, 0.3) is 20.4 Å². The molecule has 5 nitrogen and oxygen atoms in total. The number of fused-ring (bicyclic) bond motifs is 2. The number of hydrogen-bond donors (Lipinski definition) is 1. The molecule has 0 bridgehead atoms. The van der Waals surface area contributed by atoms with Crippen LogP contribution in [0.2, 0.25) is 0 Å². The Morgan fingerprint density at radius 2 is 1.58 bits per heavy atom. The van der Waals surface area contributed by atoms with Gasteiger partial charge in [0.25, 0.3) is 0 Å². The van der Waals surface area contributed by atoms with Crippen molar-refractivity contribution in [1.29, 1.82) is 0 Å². The summed E-state index contributed by atoms with van der Waals surface area (Å²) in [6, 6.07) is 9.96.